The molecule has 1 atom stereocenters. The smallest absolute Gasteiger partial charge is 0.272 e. The minimum Gasteiger partial charge on any atom is -0.325 e. The molecule has 0 radical (unpaired) electrons. The van der Waals surface area contributed by atoms with Gasteiger partial charge in [0.25, 0.3) is 11.8 Å². The van der Waals surface area contributed by atoms with Crippen LogP contribution < -0.4 is 16.0 Å². The molecule has 1 heterocycles. The Morgan fingerprint density at radius 1 is 0.842 bits per heavy atom. The number of thiophene rings is 1. The summed E-state index contributed by atoms with van der Waals surface area (Å²) in [6, 6.07) is 25.5. The maximum Gasteiger partial charge on any atom is 0.272 e. The summed E-state index contributed by atoms with van der Waals surface area (Å²) in [6.45, 7) is 3.85. The van der Waals surface area contributed by atoms with E-state index in [1.807, 2.05) is 73.1 Å². The Morgan fingerprint density at radius 2 is 1.50 bits per heavy atom. The third-order valence-electron chi connectivity index (χ3n) is 5.50. The highest BCUT2D eigenvalue weighted by molar-refractivity contribution is 8.00. The topological polar surface area (TPSA) is 87.3 Å². The van der Waals surface area contributed by atoms with Crippen LogP contribution in [0.25, 0.3) is 6.08 Å². The van der Waals surface area contributed by atoms with Gasteiger partial charge in [-0.25, -0.2) is 0 Å². The fourth-order valence-corrected chi connectivity index (χ4v) is 4.91. The first-order valence-electron chi connectivity index (χ1n) is 11.9. The van der Waals surface area contributed by atoms with E-state index in [0.717, 1.165) is 21.7 Å². The Kier molecular flexibility index (Phi) is 9.13. The van der Waals surface area contributed by atoms with Crippen molar-refractivity contribution in [1.82, 2.24) is 5.32 Å². The van der Waals surface area contributed by atoms with Gasteiger partial charge in [-0.1, -0.05) is 35.9 Å². The lowest BCUT2D eigenvalue weighted by atomic mass is 10.2. The highest BCUT2D eigenvalue weighted by Crippen LogP contribution is 2.26. The van der Waals surface area contributed by atoms with E-state index in [4.69, 9.17) is 0 Å². The fourth-order valence-electron chi connectivity index (χ4n) is 3.42. The predicted molar refractivity (Wildman–Crippen MR) is 156 cm³/mol. The summed E-state index contributed by atoms with van der Waals surface area (Å²) < 4.78 is 0. The van der Waals surface area contributed by atoms with Crippen molar-refractivity contribution in [1.29, 1.82) is 0 Å². The van der Waals surface area contributed by atoms with E-state index in [1.54, 1.807) is 42.5 Å². The van der Waals surface area contributed by atoms with E-state index < -0.39 is 5.91 Å². The SMILES string of the molecule is Cc1ccc(NC(=O)C(C)Sc2ccc(NC(=O)/C(=C/c3ccsc3)NC(=O)c3ccccc3)cc2)cc1. The number of benzene rings is 3. The Hall–Kier alpha value is -4.14. The molecule has 0 saturated carbocycles. The minimum atomic E-state index is -0.438. The Balaban J connectivity index is 1.39. The van der Waals surface area contributed by atoms with Gasteiger partial charge in [0.1, 0.15) is 5.70 Å². The summed E-state index contributed by atoms with van der Waals surface area (Å²) in [7, 11) is 0. The molecule has 3 amide bonds. The van der Waals surface area contributed by atoms with E-state index >= 15 is 0 Å². The summed E-state index contributed by atoms with van der Waals surface area (Å²) in [5, 5.41) is 12.0. The van der Waals surface area contributed by atoms with Gasteiger partial charge < -0.3 is 16.0 Å². The van der Waals surface area contributed by atoms with E-state index in [9.17, 15) is 14.4 Å². The molecule has 0 aliphatic carbocycles. The molecule has 1 aromatic heterocycles. The first kappa shape index (κ1) is 26.9. The van der Waals surface area contributed by atoms with E-state index in [2.05, 4.69) is 16.0 Å². The average Bonchev–Trinajstić information content (AvgIpc) is 3.44. The van der Waals surface area contributed by atoms with Gasteiger partial charge in [0.2, 0.25) is 5.91 Å². The van der Waals surface area contributed by atoms with Crippen molar-refractivity contribution >= 4 is 58.3 Å². The van der Waals surface area contributed by atoms with Crippen molar-refractivity contribution in [2.24, 2.45) is 0 Å². The van der Waals surface area contributed by atoms with Crippen LogP contribution in [0.1, 0.15) is 28.4 Å². The van der Waals surface area contributed by atoms with Crippen molar-refractivity contribution in [3.8, 4) is 0 Å². The van der Waals surface area contributed by atoms with Crippen molar-refractivity contribution in [2.45, 2.75) is 24.0 Å². The highest BCUT2D eigenvalue weighted by atomic mass is 32.2. The van der Waals surface area contributed by atoms with Gasteiger partial charge in [0.15, 0.2) is 0 Å². The van der Waals surface area contributed by atoms with E-state index in [0.29, 0.717) is 11.3 Å². The number of hydrogen-bond acceptors (Lipinski definition) is 5. The molecule has 8 heteroatoms. The second-order valence-corrected chi connectivity index (χ2v) is 10.7. The molecule has 6 nitrogen and oxygen atoms in total. The monoisotopic (exact) mass is 541 g/mol. The molecule has 4 aromatic rings. The number of hydrogen-bond donors (Lipinski definition) is 3. The van der Waals surface area contributed by atoms with Gasteiger partial charge in [-0.3, -0.25) is 14.4 Å². The number of thioether (sulfide) groups is 1. The first-order chi connectivity index (χ1) is 18.4. The van der Waals surface area contributed by atoms with E-state index in [-0.39, 0.29) is 22.8 Å². The van der Waals surface area contributed by atoms with Gasteiger partial charge >= 0.3 is 0 Å². The number of anilines is 2. The number of rotatable bonds is 9. The molecule has 0 spiro atoms. The van der Waals surface area contributed by atoms with Crippen molar-refractivity contribution in [3.05, 3.63) is 118 Å². The van der Waals surface area contributed by atoms with Crippen molar-refractivity contribution in [2.75, 3.05) is 10.6 Å². The molecule has 0 aliphatic heterocycles. The lowest BCUT2D eigenvalue weighted by molar-refractivity contribution is -0.115. The predicted octanol–water partition coefficient (Wildman–Crippen LogP) is 6.59. The standard InChI is InChI=1S/C30H27N3O3S2/c1-20-8-10-24(11-9-20)31-28(34)21(2)38-26-14-12-25(13-15-26)32-30(36)27(18-22-16-17-37-19-22)33-29(35)23-6-4-3-5-7-23/h3-19,21H,1-2H3,(H,31,34)(H,32,36)(H,33,35)/b27-18-. The van der Waals surface area contributed by atoms with Crippen LogP contribution in [0.2, 0.25) is 0 Å². The van der Waals surface area contributed by atoms with Gasteiger partial charge in [0.05, 0.1) is 5.25 Å². The minimum absolute atomic E-state index is 0.0893. The molecule has 3 aromatic carbocycles. The Bertz CT molecular complexity index is 1420. The van der Waals surface area contributed by atoms with Crippen LogP contribution in [0.3, 0.4) is 0 Å². The number of nitrogens with one attached hydrogen (secondary N) is 3. The first-order valence-corrected chi connectivity index (χ1v) is 13.8. The third kappa shape index (κ3) is 7.68. The molecule has 38 heavy (non-hydrogen) atoms. The molecular weight excluding hydrogens is 514 g/mol. The number of aryl methyl sites for hydroxylation is 1. The zero-order valence-electron chi connectivity index (χ0n) is 20.9. The summed E-state index contributed by atoms with van der Waals surface area (Å²) in [5.41, 5.74) is 3.87. The zero-order chi connectivity index (χ0) is 26.9. The molecular formula is C30H27N3O3S2. The lowest BCUT2D eigenvalue weighted by Gasteiger charge is -2.13. The quantitative estimate of drug-likeness (QED) is 0.165. The maximum absolute atomic E-state index is 13.1. The van der Waals surface area contributed by atoms with Gasteiger partial charge in [-0.15, -0.1) is 11.8 Å². The van der Waals surface area contributed by atoms with Crippen LogP contribution in [-0.4, -0.2) is 23.0 Å². The number of amides is 3. The molecule has 0 fully saturated rings. The number of carbonyl (C=O) groups excluding carboxylic acids is 3. The average molecular weight is 542 g/mol. The van der Waals surface area contributed by atoms with Gasteiger partial charge in [0, 0.05) is 21.8 Å². The highest BCUT2D eigenvalue weighted by Gasteiger charge is 2.17. The third-order valence-corrected chi connectivity index (χ3v) is 7.31. The van der Waals surface area contributed by atoms with Crippen LogP contribution in [0.15, 0.2) is 106 Å². The van der Waals surface area contributed by atoms with Crippen molar-refractivity contribution < 1.29 is 14.4 Å². The maximum atomic E-state index is 13.1. The van der Waals surface area contributed by atoms with Crippen LogP contribution in [-0.2, 0) is 9.59 Å². The van der Waals surface area contributed by atoms with E-state index in [1.165, 1.54) is 23.1 Å². The van der Waals surface area contributed by atoms with Crippen molar-refractivity contribution in [3.63, 3.8) is 0 Å². The molecule has 4 rings (SSSR count). The van der Waals surface area contributed by atoms with Gasteiger partial charge in [-0.2, -0.15) is 11.3 Å². The summed E-state index contributed by atoms with van der Waals surface area (Å²) >= 11 is 2.93. The fraction of sp³-hybridized carbons (Fsp3) is 0.100. The Labute approximate surface area is 230 Å². The molecule has 0 bridgehead atoms. The normalized spacial score (nSPS) is 11.9. The zero-order valence-corrected chi connectivity index (χ0v) is 22.6. The Morgan fingerprint density at radius 3 is 2.16 bits per heavy atom. The summed E-state index contributed by atoms with van der Waals surface area (Å²) in [5.74, 6) is -0.896. The number of carbonyl (C=O) groups is 3. The van der Waals surface area contributed by atoms with Crippen LogP contribution in [0, 0.1) is 6.92 Å². The van der Waals surface area contributed by atoms with Crippen LogP contribution in [0.5, 0.6) is 0 Å². The second kappa shape index (κ2) is 12.9. The molecule has 0 aliphatic rings. The molecule has 1 unspecified atom stereocenters. The lowest BCUT2D eigenvalue weighted by Crippen LogP contribution is -2.30. The van der Waals surface area contributed by atoms with Crippen LogP contribution in [0.4, 0.5) is 11.4 Å². The summed E-state index contributed by atoms with van der Waals surface area (Å²) in [6.07, 6.45) is 1.64. The van der Waals surface area contributed by atoms with Crippen LogP contribution >= 0.6 is 23.1 Å². The summed E-state index contributed by atoms with van der Waals surface area (Å²) in [4.78, 5) is 39.3. The molecule has 192 valence electrons. The largest absolute Gasteiger partial charge is 0.325 e. The molecule has 3 N–H and O–H groups in total. The second-order valence-electron chi connectivity index (χ2n) is 8.53. The molecule has 0 saturated heterocycles. The van der Waals surface area contributed by atoms with Gasteiger partial charge in [-0.05, 0) is 90.8 Å².